The maximum Gasteiger partial charge on any atom is 0.295 e. The van der Waals surface area contributed by atoms with Gasteiger partial charge in [-0.1, -0.05) is 37.0 Å². The summed E-state index contributed by atoms with van der Waals surface area (Å²) in [7, 11) is 0. The predicted octanol–water partition coefficient (Wildman–Crippen LogP) is 11.4. The van der Waals surface area contributed by atoms with Gasteiger partial charge in [-0.15, -0.1) is 0 Å². The van der Waals surface area contributed by atoms with Crippen molar-refractivity contribution in [2.75, 3.05) is 39.3 Å². The van der Waals surface area contributed by atoms with Crippen molar-refractivity contribution >= 4 is 91.2 Å². The number of H-pyrrole nitrogens is 2. The first-order chi connectivity index (χ1) is 31.9. The van der Waals surface area contributed by atoms with Gasteiger partial charge in [-0.05, 0) is 177 Å². The van der Waals surface area contributed by atoms with Gasteiger partial charge in [0.05, 0.1) is 26.7 Å². The molecule has 14 heteroatoms. The molecule has 2 aromatic carbocycles. The highest BCUT2D eigenvalue weighted by Crippen LogP contribution is 2.36. The van der Waals surface area contributed by atoms with Gasteiger partial charge in [-0.25, -0.2) is 0 Å². The van der Waals surface area contributed by atoms with Crippen molar-refractivity contribution in [1.82, 2.24) is 30.0 Å². The molecule has 4 saturated heterocycles. The summed E-state index contributed by atoms with van der Waals surface area (Å²) in [5.74, 6) is 0.863. The average Bonchev–Trinajstić information content (AvgIpc) is 4.16. The van der Waals surface area contributed by atoms with E-state index in [0.29, 0.717) is 80.9 Å². The number of hydrogen-bond donors (Lipinski definition) is 3. The van der Waals surface area contributed by atoms with E-state index in [4.69, 9.17) is 23.2 Å². The van der Waals surface area contributed by atoms with E-state index in [9.17, 15) is 19.2 Å². The second-order valence-corrected chi connectivity index (χ2v) is 21.4. The van der Waals surface area contributed by atoms with E-state index < -0.39 is 11.7 Å². The van der Waals surface area contributed by atoms with Gasteiger partial charge in [-0.2, -0.15) is 22.7 Å². The van der Waals surface area contributed by atoms with Gasteiger partial charge in [0, 0.05) is 72.5 Å². The molecule has 6 aromatic rings. The minimum Gasteiger partial charge on any atom is -0.361 e. The smallest absolute Gasteiger partial charge is 0.295 e. The third-order valence-electron chi connectivity index (χ3n) is 14.3. The molecule has 3 N–H and O–H groups in total. The van der Waals surface area contributed by atoms with Crippen molar-refractivity contribution in [2.24, 2.45) is 23.7 Å². The summed E-state index contributed by atoms with van der Waals surface area (Å²) in [5, 5.41) is 14.4. The molecule has 0 bridgehead atoms. The fourth-order valence-corrected chi connectivity index (χ4v) is 12.1. The number of piperidine rings is 2. The second kappa shape index (κ2) is 21.7. The third-order valence-corrected chi connectivity index (χ3v) is 16.4. The van der Waals surface area contributed by atoms with Crippen molar-refractivity contribution in [3.05, 3.63) is 114 Å². The minimum absolute atomic E-state index is 0.0476. The number of halogens is 2. The largest absolute Gasteiger partial charge is 0.361 e. The highest BCUT2D eigenvalue weighted by molar-refractivity contribution is 7.08. The average molecular weight is 970 g/mol. The minimum atomic E-state index is -0.546. The zero-order chi connectivity index (χ0) is 46.5. The normalized spacial score (nSPS) is 23.1. The summed E-state index contributed by atoms with van der Waals surface area (Å²) >= 11 is 16.4. The van der Waals surface area contributed by atoms with Crippen LogP contribution in [0.5, 0.6) is 0 Å². The number of amides is 3. The predicted molar refractivity (Wildman–Crippen MR) is 270 cm³/mol. The second-order valence-electron chi connectivity index (χ2n) is 19.0. The summed E-state index contributed by atoms with van der Waals surface area (Å²) in [6.45, 7) is 13.9. The van der Waals surface area contributed by atoms with Crippen LogP contribution in [0.4, 0.5) is 0 Å². The van der Waals surface area contributed by atoms with Crippen molar-refractivity contribution in [2.45, 2.75) is 91.1 Å². The van der Waals surface area contributed by atoms with Gasteiger partial charge >= 0.3 is 0 Å². The first-order valence-corrected chi connectivity index (χ1v) is 26.3. The number of carbonyl (C=O) groups excluding carboxylic acids is 4. The van der Waals surface area contributed by atoms with Crippen LogP contribution < -0.4 is 5.32 Å². The molecular formula is C52H62Cl2N6O4S2. The molecule has 0 aliphatic carbocycles. The van der Waals surface area contributed by atoms with E-state index in [-0.39, 0.29) is 23.9 Å². The van der Waals surface area contributed by atoms with Crippen LogP contribution in [0.25, 0.3) is 21.8 Å². The Kier molecular flexibility index (Phi) is 15.8. The molecular weight excluding hydrogens is 908 g/mol. The SMILES string of the molecule is C1CCNC1.C[C@@H]1CC(Cc2ccsc2)[C@@H](C)CN1C(=O)c1cc2c(C(=O)C(=O)N3CCCC3)c[nH]c2cc1Cl.C[C@@H]1CC(Cc2ccsc2)[C@@H](C)CN1C(=O)c1cc2cc[nH]c2cc1Cl. The standard InChI is InChI=1S/C27H30ClN3O3S.C21H23ClN2OS.C4H9N/c1-16-14-31(17(2)9-19(16)10-18-5-8-35-15-18)26(33)21-11-20-22(13-29-24(20)12-23(21)28)25(32)27(34)30-6-3-4-7-30;1-13-11-24(14(2)7-17(13)8-15-4-6-26-12-15)21(25)18-9-16-3-5-23-20(16)10-19(18)22;1-2-4-5-3-1/h5,8,11-13,15-17,19,29H,3-4,6-7,9-10,14H2,1-2H3;3-6,9-10,12-14,17,23H,7-8,11H2,1-2H3;5H,1-4H2/t16-,17+,19?;13-,14+,17?;/m00./s1. The van der Waals surface area contributed by atoms with Crippen LogP contribution in [0, 0.1) is 23.7 Å². The number of aromatic amines is 2. The number of thiophene rings is 2. The lowest BCUT2D eigenvalue weighted by Crippen LogP contribution is -2.48. The number of nitrogens with zero attached hydrogens (tertiary/aromatic N) is 3. The number of ketones is 1. The number of Topliss-reactive ketones (excluding diaryl/α,β-unsaturated/α-hetero) is 1. The molecule has 10 rings (SSSR count). The molecule has 3 amide bonds. The molecule has 0 spiro atoms. The molecule has 4 aliphatic heterocycles. The van der Waals surface area contributed by atoms with Gasteiger partial charge < -0.3 is 30.0 Å². The van der Waals surface area contributed by atoms with Gasteiger partial charge in [0.15, 0.2) is 0 Å². The van der Waals surface area contributed by atoms with Gasteiger partial charge in [0.2, 0.25) is 0 Å². The van der Waals surface area contributed by atoms with E-state index in [2.05, 4.69) is 76.6 Å². The Morgan fingerprint density at radius 3 is 1.73 bits per heavy atom. The molecule has 350 valence electrons. The number of rotatable bonds is 8. The molecule has 0 radical (unpaired) electrons. The van der Waals surface area contributed by atoms with Crippen LogP contribution in [0.3, 0.4) is 0 Å². The Morgan fingerprint density at radius 1 is 0.667 bits per heavy atom. The zero-order valence-corrected chi connectivity index (χ0v) is 41.6. The summed E-state index contributed by atoms with van der Waals surface area (Å²) < 4.78 is 0. The monoisotopic (exact) mass is 968 g/mol. The fourth-order valence-electron chi connectivity index (χ4n) is 10.3. The lowest BCUT2D eigenvalue weighted by molar-refractivity contribution is -0.125. The summed E-state index contributed by atoms with van der Waals surface area (Å²) in [6, 6.07) is 13.8. The van der Waals surface area contributed by atoms with E-state index >= 15 is 0 Å². The number of carbonyl (C=O) groups is 4. The van der Waals surface area contributed by atoms with Crippen LogP contribution in [-0.4, -0.2) is 99.5 Å². The third kappa shape index (κ3) is 10.9. The number of aromatic nitrogens is 2. The van der Waals surface area contributed by atoms with E-state index in [1.54, 1.807) is 45.9 Å². The molecule has 0 saturated carbocycles. The topological polar surface area (TPSA) is 122 Å². The van der Waals surface area contributed by atoms with Crippen molar-refractivity contribution < 1.29 is 19.2 Å². The van der Waals surface area contributed by atoms with E-state index in [1.165, 1.54) is 37.1 Å². The fraction of sp³-hybridized carbons (Fsp3) is 0.462. The molecule has 66 heavy (non-hydrogen) atoms. The highest BCUT2D eigenvalue weighted by atomic mass is 35.5. The number of hydrogen-bond acceptors (Lipinski definition) is 7. The highest BCUT2D eigenvalue weighted by Gasteiger charge is 2.37. The Bertz CT molecular complexity index is 2610. The van der Waals surface area contributed by atoms with Crippen LogP contribution >= 0.6 is 45.9 Å². The van der Waals surface area contributed by atoms with Crippen molar-refractivity contribution in [1.29, 1.82) is 0 Å². The summed E-state index contributed by atoms with van der Waals surface area (Å²) in [6.07, 6.45) is 12.1. The van der Waals surface area contributed by atoms with Crippen LogP contribution in [0.1, 0.15) is 108 Å². The number of likely N-dealkylation sites (tertiary alicyclic amines) is 3. The van der Waals surface area contributed by atoms with Gasteiger partial charge in [0.25, 0.3) is 23.5 Å². The van der Waals surface area contributed by atoms with E-state index in [0.717, 1.165) is 56.0 Å². The zero-order valence-electron chi connectivity index (χ0n) is 38.4. The Hall–Kier alpha value is -4.46. The quantitative estimate of drug-likeness (QED) is 0.104. The van der Waals surface area contributed by atoms with Crippen LogP contribution in [0.15, 0.2) is 76.4 Å². The molecule has 8 heterocycles. The van der Waals surface area contributed by atoms with Gasteiger partial charge in [0.1, 0.15) is 0 Å². The number of nitrogens with one attached hydrogen (secondary N) is 3. The summed E-state index contributed by atoms with van der Waals surface area (Å²) in [5.41, 5.74) is 5.65. The Balaban J connectivity index is 0.000000167. The van der Waals surface area contributed by atoms with Crippen LogP contribution in [0.2, 0.25) is 10.0 Å². The summed E-state index contributed by atoms with van der Waals surface area (Å²) in [4.78, 5) is 64.3. The first-order valence-electron chi connectivity index (χ1n) is 23.6. The van der Waals surface area contributed by atoms with Crippen molar-refractivity contribution in [3.8, 4) is 0 Å². The lowest BCUT2D eigenvalue weighted by Gasteiger charge is -2.42. The Labute approximate surface area is 406 Å². The number of fused-ring (bicyclic) bond motifs is 2. The maximum atomic E-state index is 13.7. The molecule has 4 aromatic heterocycles. The van der Waals surface area contributed by atoms with Crippen LogP contribution in [-0.2, 0) is 17.6 Å². The molecule has 2 unspecified atom stereocenters. The van der Waals surface area contributed by atoms with Crippen molar-refractivity contribution in [3.63, 3.8) is 0 Å². The number of benzene rings is 2. The lowest BCUT2D eigenvalue weighted by atomic mass is 9.79. The van der Waals surface area contributed by atoms with Gasteiger partial charge in [-0.3, -0.25) is 19.2 Å². The molecule has 10 nitrogen and oxygen atoms in total. The maximum absolute atomic E-state index is 13.7. The van der Waals surface area contributed by atoms with E-state index in [1.807, 2.05) is 34.2 Å². The first kappa shape index (κ1) is 48.0. The molecule has 4 fully saturated rings. The Morgan fingerprint density at radius 2 is 1.21 bits per heavy atom. The molecule has 6 atom stereocenters. The molecule has 4 aliphatic rings.